The van der Waals surface area contributed by atoms with Crippen LogP contribution in [0.3, 0.4) is 0 Å². The van der Waals surface area contributed by atoms with Crippen molar-refractivity contribution in [3.05, 3.63) is 42.0 Å². The normalized spacial score (nSPS) is 12.9. The highest BCUT2D eigenvalue weighted by atomic mass is 16.7. The van der Waals surface area contributed by atoms with E-state index in [-0.39, 0.29) is 29.7 Å². The first-order valence-electron chi connectivity index (χ1n) is 11.4. The molecule has 3 aromatic rings. The van der Waals surface area contributed by atoms with E-state index in [0.29, 0.717) is 36.0 Å². The molecule has 4 rings (SSSR count). The summed E-state index contributed by atoms with van der Waals surface area (Å²) in [5, 5.41) is 16.5. The van der Waals surface area contributed by atoms with Crippen LogP contribution in [0.25, 0.3) is 11.4 Å². The molecule has 0 unspecified atom stereocenters. The second-order valence-corrected chi connectivity index (χ2v) is 7.97. The van der Waals surface area contributed by atoms with E-state index >= 15 is 0 Å². The van der Waals surface area contributed by atoms with Crippen molar-refractivity contribution < 1.29 is 23.9 Å². The van der Waals surface area contributed by atoms with Crippen LogP contribution in [0.5, 0.6) is 5.75 Å². The molecule has 0 atom stereocenters. The van der Waals surface area contributed by atoms with Crippen LogP contribution in [-0.4, -0.2) is 70.3 Å². The molecular formula is C23H28N8O5. The number of nitrogens with zero attached hydrogens (tertiary/aromatic N) is 6. The summed E-state index contributed by atoms with van der Waals surface area (Å²) in [7, 11) is 3.12. The maximum atomic E-state index is 12.6. The number of primary amides is 1. The smallest absolute Gasteiger partial charge is 0.272 e. The van der Waals surface area contributed by atoms with Gasteiger partial charge < -0.3 is 20.5 Å². The number of anilines is 2. The van der Waals surface area contributed by atoms with Crippen molar-refractivity contribution in [1.29, 1.82) is 0 Å². The van der Waals surface area contributed by atoms with Crippen LogP contribution in [0.2, 0.25) is 0 Å². The Bertz CT molecular complexity index is 1240. The highest BCUT2D eigenvalue weighted by Crippen LogP contribution is 2.41. The summed E-state index contributed by atoms with van der Waals surface area (Å²) in [6, 6.07) is 6.85. The van der Waals surface area contributed by atoms with E-state index in [2.05, 4.69) is 25.6 Å². The number of aromatic nitrogens is 5. The van der Waals surface area contributed by atoms with Gasteiger partial charge in [0.2, 0.25) is 0 Å². The van der Waals surface area contributed by atoms with Crippen molar-refractivity contribution in [2.24, 2.45) is 5.73 Å². The van der Waals surface area contributed by atoms with Gasteiger partial charge in [0.05, 0.1) is 32.4 Å². The van der Waals surface area contributed by atoms with Crippen molar-refractivity contribution in [3.8, 4) is 17.1 Å². The average Bonchev–Trinajstić information content (AvgIpc) is 3.58. The van der Waals surface area contributed by atoms with Crippen molar-refractivity contribution in [3.63, 3.8) is 0 Å². The SMILES string of the molecule is CCON(c1cc(C(=O)NC2CC2)nnc1C(N)=O)c1cccc(-c2ncn(CCOC)n2)c1OC. The van der Waals surface area contributed by atoms with Gasteiger partial charge in [0.15, 0.2) is 23.0 Å². The van der Waals surface area contributed by atoms with Crippen LogP contribution in [-0.2, 0) is 16.1 Å². The zero-order chi connectivity index (χ0) is 25.7. The van der Waals surface area contributed by atoms with Gasteiger partial charge in [-0.05, 0) is 38.0 Å². The largest absolute Gasteiger partial charge is 0.494 e. The third kappa shape index (κ3) is 5.42. The zero-order valence-electron chi connectivity index (χ0n) is 20.3. The summed E-state index contributed by atoms with van der Waals surface area (Å²) >= 11 is 0. The number of ether oxygens (including phenoxy) is 2. The molecule has 13 heteroatoms. The van der Waals surface area contributed by atoms with Gasteiger partial charge in [-0.2, -0.15) is 5.10 Å². The molecule has 36 heavy (non-hydrogen) atoms. The Labute approximate surface area is 207 Å². The summed E-state index contributed by atoms with van der Waals surface area (Å²) in [6.07, 6.45) is 3.43. The highest BCUT2D eigenvalue weighted by molar-refractivity contribution is 6.00. The monoisotopic (exact) mass is 496 g/mol. The van der Waals surface area contributed by atoms with Crippen molar-refractivity contribution >= 4 is 23.2 Å². The predicted molar refractivity (Wildman–Crippen MR) is 129 cm³/mol. The van der Waals surface area contributed by atoms with E-state index in [4.69, 9.17) is 20.0 Å². The molecule has 3 N–H and O–H groups in total. The number of nitrogens with two attached hydrogens (primary N) is 1. The van der Waals surface area contributed by atoms with Crippen LogP contribution in [0, 0.1) is 0 Å². The van der Waals surface area contributed by atoms with Gasteiger partial charge in [0.25, 0.3) is 11.8 Å². The maximum Gasteiger partial charge on any atom is 0.272 e. The van der Waals surface area contributed by atoms with Crippen molar-refractivity contribution in [1.82, 2.24) is 30.3 Å². The van der Waals surface area contributed by atoms with Gasteiger partial charge in [-0.3, -0.25) is 19.1 Å². The molecule has 1 fully saturated rings. The maximum absolute atomic E-state index is 12.6. The standard InChI is InChI=1S/C23H28N8O5/c1-4-36-31(18-12-16(23(33)26-14-8-9-14)27-28-19(18)21(24)32)17-7-5-6-15(20(17)35-3)22-25-13-30(29-22)10-11-34-2/h5-7,12-14H,4,8-11H2,1-3H3,(H2,24,32)(H,26,33). The fourth-order valence-corrected chi connectivity index (χ4v) is 3.49. The number of para-hydroxylation sites is 1. The lowest BCUT2D eigenvalue weighted by atomic mass is 10.1. The molecule has 2 amide bonds. The third-order valence-corrected chi connectivity index (χ3v) is 5.35. The van der Waals surface area contributed by atoms with Gasteiger partial charge in [-0.15, -0.1) is 10.2 Å². The minimum absolute atomic E-state index is 0.0280. The Morgan fingerprint density at radius 2 is 2.03 bits per heavy atom. The first-order chi connectivity index (χ1) is 17.5. The van der Waals surface area contributed by atoms with Crippen molar-refractivity contribution in [2.45, 2.75) is 32.4 Å². The number of amides is 2. The van der Waals surface area contributed by atoms with Crippen LogP contribution in [0.4, 0.5) is 11.4 Å². The lowest BCUT2D eigenvalue weighted by Gasteiger charge is -2.26. The molecule has 0 aliphatic heterocycles. The van der Waals surface area contributed by atoms with E-state index in [1.165, 1.54) is 18.2 Å². The zero-order valence-corrected chi connectivity index (χ0v) is 20.3. The minimum Gasteiger partial charge on any atom is -0.494 e. The number of hydrogen-bond donors (Lipinski definition) is 2. The molecule has 1 aliphatic carbocycles. The van der Waals surface area contributed by atoms with E-state index < -0.39 is 11.8 Å². The van der Waals surface area contributed by atoms with Crippen LogP contribution >= 0.6 is 0 Å². The summed E-state index contributed by atoms with van der Waals surface area (Å²) < 4.78 is 12.5. The number of nitrogens with one attached hydrogen (secondary N) is 1. The lowest BCUT2D eigenvalue weighted by molar-refractivity contribution is 0.0939. The van der Waals surface area contributed by atoms with Gasteiger partial charge in [-0.1, -0.05) is 6.07 Å². The van der Waals surface area contributed by atoms with Crippen LogP contribution < -0.4 is 20.9 Å². The molecule has 2 aromatic heterocycles. The Morgan fingerprint density at radius 1 is 1.22 bits per heavy atom. The first kappa shape index (κ1) is 25.0. The molecule has 0 bridgehead atoms. The van der Waals surface area contributed by atoms with E-state index in [1.807, 2.05) is 0 Å². The molecule has 0 saturated heterocycles. The Hall–Kier alpha value is -4.10. The van der Waals surface area contributed by atoms with E-state index in [9.17, 15) is 9.59 Å². The van der Waals surface area contributed by atoms with Gasteiger partial charge in [0, 0.05) is 13.2 Å². The summed E-state index contributed by atoms with van der Waals surface area (Å²) in [5.41, 5.74) is 6.61. The summed E-state index contributed by atoms with van der Waals surface area (Å²) in [4.78, 5) is 35.2. The quantitative estimate of drug-likeness (QED) is 0.351. The Balaban J connectivity index is 1.79. The average molecular weight is 497 g/mol. The number of rotatable bonds is 12. The molecule has 1 aromatic carbocycles. The molecule has 1 aliphatic rings. The molecule has 190 valence electrons. The molecule has 2 heterocycles. The number of benzene rings is 1. The Kier molecular flexibility index (Phi) is 7.71. The third-order valence-electron chi connectivity index (χ3n) is 5.35. The minimum atomic E-state index is -0.829. The number of hydrogen-bond acceptors (Lipinski definition) is 10. The fourth-order valence-electron chi connectivity index (χ4n) is 3.49. The van der Waals surface area contributed by atoms with E-state index in [0.717, 1.165) is 12.8 Å². The van der Waals surface area contributed by atoms with Crippen LogP contribution in [0.1, 0.15) is 40.7 Å². The topological polar surface area (TPSA) is 160 Å². The van der Waals surface area contributed by atoms with Gasteiger partial charge in [-0.25, -0.2) is 10.0 Å². The number of methoxy groups -OCH3 is 2. The molecule has 0 spiro atoms. The highest BCUT2D eigenvalue weighted by Gasteiger charge is 2.28. The second-order valence-electron chi connectivity index (χ2n) is 7.97. The van der Waals surface area contributed by atoms with Crippen LogP contribution in [0.15, 0.2) is 30.6 Å². The molecule has 0 radical (unpaired) electrons. The number of carbonyl (C=O) groups is 2. The first-order valence-corrected chi connectivity index (χ1v) is 11.4. The molecule has 13 nitrogen and oxygen atoms in total. The molecular weight excluding hydrogens is 468 g/mol. The Morgan fingerprint density at radius 3 is 2.69 bits per heavy atom. The predicted octanol–water partition coefficient (Wildman–Crippen LogP) is 1.47. The second kappa shape index (κ2) is 11.1. The van der Waals surface area contributed by atoms with Crippen molar-refractivity contribution in [2.75, 3.05) is 32.5 Å². The molecule has 1 saturated carbocycles. The van der Waals surface area contributed by atoms with Gasteiger partial charge >= 0.3 is 0 Å². The van der Waals surface area contributed by atoms with Gasteiger partial charge in [0.1, 0.15) is 17.7 Å². The van der Waals surface area contributed by atoms with E-state index in [1.54, 1.807) is 43.2 Å². The summed E-state index contributed by atoms with van der Waals surface area (Å²) in [5.74, 6) is -0.421. The fraction of sp³-hybridized carbons (Fsp3) is 0.391. The summed E-state index contributed by atoms with van der Waals surface area (Å²) in [6.45, 7) is 3.02. The lowest BCUT2D eigenvalue weighted by Crippen LogP contribution is -2.29. The number of carbonyl (C=O) groups excluding carboxylic acids is 2.